The van der Waals surface area contributed by atoms with Crippen molar-refractivity contribution in [2.45, 2.75) is 32.2 Å². The number of hydrogen-bond acceptors (Lipinski definition) is 3. The van der Waals surface area contributed by atoms with Crippen molar-refractivity contribution in [2.75, 3.05) is 5.32 Å². The normalized spacial score (nSPS) is 11.7. The average molecular weight is 390 g/mol. The molecule has 1 unspecified atom stereocenters. The average Bonchev–Trinajstić information content (AvgIpc) is 3.17. The Kier molecular flexibility index (Phi) is 6.79. The van der Waals surface area contributed by atoms with Gasteiger partial charge >= 0.3 is 0 Å². The van der Waals surface area contributed by atoms with Gasteiger partial charge in [-0.05, 0) is 29.7 Å². The number of carbonyl (C=O) groups excluding carboxylic acids is 2. The molecule has 0 aliphatic carbocycles. The van der Waals surface area contributed by atoms with Crippen molar-refractivity contribution in [2.24, 2.45) is 7.05 Å². The van der Waals surface area contributed by atoms with Gasteiger partial charge in [0.1, 0.15) is 11.9 Å². The molecule has 29 heavy (non-hydrogen) atoms. The van der Waals surface area contributed by atoms with Gasteiger partial charge < -0.3 is 15.2 Å². The van der Waals surface area contributed by atoms with Gasteiger partial charge in [0.2, 0.25) is 11.8 Å². The topological polar surface area (TPSA) is 76.0 Å². The summed E-state index contributed by atoms with van der Waals surface area (Å²) in [6.45, 7) is 2.07. The highest BCUT2D eigenvalue weighted by Crippen LogP contribution is 2.20. The first-order valence-corrected chi connectivity index (χ1v) is 9.77. The number of nitrogens with one attached hydrogen (secondary N) is 2. The number of benzene rings is 2. The van der Waals surface area contributed by atoms with E-state index in [0.29, 0.717) is 0 Å². The largest absolute Gasteiger partial charge is 0.342 e. The molecular weight excluding hydrogens is 364 g/mol. The number of rotatable bonds is 8. The first-order valence-electron chi connectivity index (χ1n) is 9.77. The van der Waals surface area contributed by atoms with Crippen LogP contribution in [0, 0.1) is 0 Å². The standard InChI is InChI=1S/C23H26N4O2/c1-3-17-8-7-11-19(16-17)25-20(28)12-13-21(29)26-22(18-9-5-4-6-10-18)23-24-14-15-27(23)2/h4-11,14-16,22H,3,12-13H2,1-2H3,(H,25,28)(H,26,29). The molecule has 0 radical (unpaired) electrons. The lowest BCUT2D eigenvalue weighted by Gasteiger charge is -2.19. The Hall–Kier alpha value is -3.41. The second kappa shape index (κ2) is 9.68. The van der Waals surface area contributed by atoms with E-state index < -0.39 is 0 Å². The second-order valence-electron chi connectivity index (χ2n) is 6.91. The molecule has 0 bridgehead atoms. The predicted octanol–water partition coefficient (Wildman–Crippen LogP) is 3.61. The predicted molar refractivity (Wildman–Crippen MR) is 113 cm³/mol. The number of anilines is 1. The number of hydrogen-bond donors (Lipinski definition) is 2. The van der Waals surface area contributed by atoms with Crippen molar-refractivity contribution in [3.8, 4) is 0 Å². The van der Waals surface area contributed by atoms with E-state index in [4.69, 9.17) is 0 Å². The second-order valence-corrected chi connectivity index (χ2v) is 6.91. The molecule has 0 spiro atoms. The van der Waals surface area contributed by atoms with Gasteiger partial charge in [0.25, 0.3) is 0 Å². The summed E-state index contributed by atoms with van der Waals surface area (Å²) < 4.78 is 1.88. The van der Waals surface area contributed by atoms with Gasteiger partial charge in [-0.3, -0.25) is 9.59 Å². The smallest absolute Gasteiger partial charge is 0.224 e. The maximum Gasteiger partial charge on any atom is 0.224 e. The van der Waals surface area contributed by atoms with Gasteiger partial charge in [0.15, 0.2) is 0 Å². The Morgan fingerprint density at radius 2 is 1.79 bits per heavy atom. The molecule has 3 rings (SSSR count). The summed E-state index contributed by atoms with van der Waals surface area (Å²) in [4.78, 5) is 29.2. The molecule has 0 fully saturated rings. The summed E-state index contributed by atoms with van der Waals surface area (Å²) in [6.07, 6.45) is 4.67. The van der Waals surface area contributed by atoms with Crippen LogP contribution in [0.3, 0.4) is 0 Å². The Morgan fingerprint density at radius 3 is 2.48 bits per heavy atom. The van der Waals surface area contributed by atoms with Crippen molar-refractivity contribution in [1.29, 1.82) is 0 Å². The Balaban J connectivity index is 1.60. The summed E-state index contributed by atoms with van der Waals surface area (Å²) in [5, 5.41) is 5.87. The summed E-state index contributed by atoms with van der Waals surface area (Å²) in [7, 11) is 1.89. The molecule has 2 amide bonds. The van der Waals surface area contributed by atoms with Gasteiger partial charge in [0, 0.05) is 38.0 Å². The molecule has 1 atom stereocenters. The lowest BCUT2D eigenvalue weighted by atomic mass is 10.1. The van der Waals surface area contributed by atoms with Crippen molar-refractivity contribution >= 4 is 17.5 Å². The van der Waals surface area contributed by atoms with E-state index in [1.807, 2.05) is 72.4 Å². The van der Waals surface area contributed by atoms with Crippen molar-refractivity contribution in [3.05, 3.63) is 83.9 Å². The molecule has 1 aromatic heterocycles. The highest BCUT2D eigenvalue weighted by atomic mass is 16.2. The lowest BCUT2D eigenvalue weighted by molar-refractivity contribution is -0.124. The lowest BCUT2D eigenvalue weighted by Crippen LogP contribution is -2.31. The molecule has 0 saturated heterocycles. The van der Waals surface area contributed by atoms with Crippen LogP contribution in [0.4, 0.5) is 5.69 Å². The fourth-order valence-corrected chi connectivity index (χ4v) is 3.15. The SMILES string of the molecule is CCc1cccc(NC(=O)CCC(=O)NC(c2ccccc2)c2nccn2C)c1. The van der Waals surface area contributed by atoms with Crippen LogP contribution in [0.2, 0.25) is 0 Å². The Bertz CT molecular complexity index is 966. The molecule has 0 aliphatic rings. The Morgan fingerprint density at radius 1 is 1.03 bits per heavy atom. The van der Waals surface area contributed by atoms with Crippen LogP contribution in [-0.2, 0) is 23.1 Å². The Labute approximate surface area is 171 Å². The molecule has 1 heterocycles. The molecule has 0 aliphatic heterocycles. The molecule has 2 aromatic carbocycles. The van der Waals surface area contributed by atoms with Gasteiger partial charge in [0.05, 0.1) is 0 Å². The van der Waals surface area contributed by atoms with Crippen LogP contribution in [0.25, 0.3) is 0 Å². The van der Waals surface area contributed by atoms with Gasteiger partial charge in [-0.25, -0.2) is 4.98 Å². The number of nitrogens with zero attached hydrogens (tertiary/aromatic N) is 2. The summed E-state index contributed by atoms with van der Waals surface area (Å²) in [5.74, 6) is 0.367. The third-order valence-electron chi connectivity index (χ3n) is 4.75. The van der Waals surface area contributed by atoms with E-state index in [1.54, 1.807) is 6.20 Å². The van der Waals surface area contributed by atoms with Crippen molar-refractivity contribution in [1.82, 2.24) is 14.9 Å². The van der Waals surface area contributed by atoms with Crippen LogP contribution < -0.4 is 10.6 Å². The van der Waals surface area contributed by atoms with Crippen molar-refractivity contribution < 1.29 is 9.59 Å². The maximum absolute atomic E-state index is 12.6. The highest BCUT2D eigenvalue weighted by molar-refractivity contribution is 5.93. The van der Waals surface area contributed by atoms with E-state index in [-0.39, 0.29) is 30.7 Å². The van der Waals surface area contributed by atoms with Crippen LogP contribution >= 0.6 is 0 Å². The van der Waals surface area contributed by atoms with Gasteiger partial charge in [-0.15, -0.1) is 0 Å². The number of amides is 2. The van der Waals surface area contributed by atoms with Crippen LogP contribution in [0.1, 0.15) is 42.8 Å². The minimum Gasteiger partial charge on any atom is -0.342 e. The van der Waals surface area contributed by atoms with E-state index in [0.717, 1.165) is 29.1 Å². The molecule has 3 aromatic rings. The van der Waals surface area contributed by atoms with Crippen molar-refractivity contribution in [3.63, 3.8) is 0 Å². The van der Waals surface area contributed by atoms with Gasteiger partial charge in [-0.2, -0.15) is 0 Å². The summed E-state index contributed by atoms with van der Waals surface area (Å²) in [6, 6.07) is 17.0. The number of carbonyl (C=O) groups is 2. The maximum atomic E-state index is 12.6. The number of imidazole rings is 1. The quantitative estimate of drug-likeness (QED) is 0.617. The van der Waals surface area contributed by atoms with Crippen LogP contribution in [0.15, 0.2) is 67.0 Å². The molecular formula is C23H26N4O2. The fourth-order valence-electron chi connectivity index (χ4n) is 3.15. The number of aryl methyl sites for hydroxylation is 2. The monoisotopic (exact) mass is 390 g/mol. The third-order valence-corrected chi connectivity index (χ3v) is 4.75. The third kappa shape index (κ3) is 5.54. The van der Waals surface area contributed by atoms with E-state index in [9.17, 15) is 9.59 Å². The first-order chi connectivity index (χ1) is 14.1. The first kappa shape index (κ1) is 20.3. The highest BCUT2D eigenvalue weighted by Gasteiger charge is 2.20. The minimum absolute atomic E-state index is 0.104. The minimum atomic E-state index is -0.368. The fraction of sp³-hybridized carbons (Fsp3) is 0.261. The van der Waals surface area contributed by atoms with E-state index >= 15 is 0 Å². The zero-order valence-electron chi connectivity index (χ0n) is 16.8. The molecule has 6 heteroatoms. The van der Waals surface area contributed by atoms with Crippen LogP contribution in [0.5, 0.6) is 0 Å². The van der Waals surface area contributed by atoms with Crippen LogP contribution in [-0.4, -0.2) is 21.4 Å². The van der Waals surface area contributed by atoms with E-state index in [2.05, 4.69) is 22.5 Å². The zero-order valence-corrected chi connectivity index (χ0v) is 16.8. The zero-order chi connectivity index (χ0) is 20.6. The molecule has 0 saturated carbocycles. The summed E-state index contributed by atoms with van der Waals surface area (Å²) in [5.41, 5.74) is 2.85. The molecule has 2 N–H and O–H groups in total. The van der Waals surface area contributed by atoms with E-state index in [1.165, 1.54) is 0 Å². The molecule has 6 nitrogen and oxygen atoms in total. The van der Waals surface area contributed by atoms with Gasteiger partial charge in [-0.1, -0.05) is 49.4 Å². The summed E-state index contributed by atoms with van der Waals surface area (Å²) >= 11 is 0. The molecule has 150 valence electrons. The number of aromatic nitrogens is 2.